The fourth-order valence-electron chi connectivity index (χ4n) is 3.97. The van der Waals surface area contributed by atoms with E-state index in [1.165, 1.54) is 13.2 Å². The van der Waals surface area contributed by atoms with Crippen LogP contribution in [0.5, 0.6) is 17.2 Å². The largest absolute Gasteiger partial charge is 0.497 e. The molecule has 1 heterocycles. The van der Waals surface area contributed by atoms with E-state index in [2.05, 4.69) is 4.98 Å². The monoisotopic (exact) mass is 541 g/mol. The van der Waals surface area contributed by atoms with Gasteiger partial charge in [-0.1, -0.05) is 6.07 Å². The minimum Gasteiger partial charge on any atom is -0.497 e. The Bertz CT molecular complexity index is 1410. The topological polar surface area (TPSA) is 187 Å². The lowest BCUT2D eigenvalue weighted by molar-refractivity contribution is -0.138. The third-order valence-electron chi connectivity index (χ3n) is 5.57. The predicted molar refractivity (Wildman–Crippen MR) is 139 cm³/mol. The highest BCUT2D eigenvalue weighted by Crippen LogP contribution is 2.38. The quantitative estimate of drug-likeness (QED) is 0.247. The summed E-state index contributed by atoms with van der Waals surface area (Å²) >= 11 is 0. The molecule has 1 aromatic heterocycles. The third kappa shape index (κ3) is 7.25. The molecule has 0 aliphatic heterocycles. The van der Waals surface area contributed by atoms with Crippen LogP contribution in [-0.4, -0.2) is 82.6 Å². The van der Waals surface area contributed by atoms with E-state index in [0.29, 0.717) is 22.3 Å². The molecule has 0 radical (unpaired) electrons. The smallest absolute Gasteiger partial charge is 0.323 e. The van der Waals surface area contributed by atoms with Gasteiger partial charge < -0.3 is 39.7 Å². The van der Waals surface area contributed by atoms with Crippen molar-refractivity contribution < 1.29 is 49.1 Å². The molecule has 0 amide bonds. The first-order chi connectivity index (χ1) is 18.4. The molecule has 0 saturated heterocycles. The Hall–Kier alpha value is -5.07. The van der Waals surface area contributed by atoms with Crippen molar-refractivity contribution in [1.82, 2.24) is 4.98 Å². The van der Waals surface area contributed by atoms with Gasteiger partial charge in [0.2, 0.25) is 0 Å². The summed E-state index contributed by atoms with van der Waals surface area (Å²) < 4.78 is 11.5. The molecule has 0 aliphatic rings. The van der Waals surface area contributed by atoms with Gasteiger partial charge in [0.25, 0.3) is 0 Å². The van der Waals surface area contributed by atoms with E-state index in [4.69, 9.17) is 9.47 Å². The Labute approximate surface area is 222 Å². The molecule has 0 spiro atoms. The Morgan fingerprint density at radius 3 is 1.79 bits per heavy atom. The summed E-state index contributed by atoms with van der Waals surface area (Å²) in [5.41, 5.74) is 1.91. The van der Waals surface area contributed by atoms with Gasteiger partial charge in [0.1, 0.15) is 37.7 Å². The van der Waals surface area contributed by atoms with Crippen LogP contribution < -0.4 is 19.3 Å². The van der Waals surface area contributed by atoms with Gasteiger partial charge in [-0.05, 0) is 43.7 Å². The molecule has 0 aliphatic carbocycles. The molecule has 4 N–H and O–H groups in total. The maximum Gasteiger partial charge on any atom is 0.323 e. The highest BCUT2D eigenvalue weighted by Gasteiger charge is 2.22. The SMILES string of the molecule is COc1cc(N(CC(=O)O)CC(=O)O)c2nc(C)c(Oc3cc(C)ccc3N(CC(=O)O)CC(=O)O)cc2c1. The number of hydrogen-bond acceptors (Lipinski definition) is 9. The zero-order valence-electron chi connectivity index (χ0n) is 21.4. The Morgan fingerprint density at radius 2 is 1.28 bits per heavy atom. The Balaban J connectivity index is 2.15. The number of hydrogen-bond donors (Lipinski definition) is 4. The Kier molecular flexibility index (Phi) is 8.76. The normalized spacial score (nSPS) is 10.6. The number of carbonyl (C=O) groups is 4. The molecule has 2 aromatic carbocycles. The van der Waals surface area contributed by atoms with Gasteiger partial charge in [-0.25, -0.2) is 4.98 Å². The van der Waals surface area contributed by atoms with Crippen LogP contribution in [0.15, 0.2) is 36.4 Å². The number of aliphatic carboxylic acids is 4. The van der Waals surface area contributed by atoms with Crippen molar-refractivity contribution >= 4 is 46.2 Å². The maximum absolute atomic E-state index is 11.4. The van der Waals surface area contributed by atoms with Crippen LogP contribution in [0.4, 0.5) is 11.4 Å². The van der Waals surface area contributed by atoms with Crippen LogP contribution in [-0.2, 0) is 19.2 Å². The molecule has 3 rings (SSSR count). The van der Waals surface area contributed by atoms with Crippen molar-refractivity contribution in [2.24, 2.45) is 0 Å². The first kappa shape index (κ1) is 28.5. The van der Waals surface area contributed by atoms with Gasteiger partial charge in [-0.2, -0.15) is 0 Å². The number of benzene rings is 2. The number of fused-ring (bicyclic) bond motifs is 1. The van der Waals surface area contributed by atoms with Gasteiger partial charge in [0.15, 0.2) is 5.75 Å². The van der Waals surface area contributed by atoms with Crippen LogP contribution in [0.1, 0.15) is 11.3 Å². The first-order valence-electron chi connectivity index (χ1n) is 11.5. The minimum atomic E-state index is -1.23. The molecule has 0 saturated carbocycles. The molecular weight excluding hydrogens is 514 g/mol. The zero-order chi connectivity index (χ0) is 28.9. The number of nitrogens with zero attached hydrogens (tertiary/aromatic N) is 3. The standard InChI is InChI=1S/C26H27N3O10/c1-14-4-5-18(28(10-22(30)31)11-23(32)33)21(6-14)39-20-8-16-7-17(38-3)9-19(26(16)27-15(20)2)29(12-24(34)35)13-25(36)37/h4-9H,10-13H2,1-3H3,(H,30,31)(H,32,33)(H,34,35)(H,36,37). The minimum absolute atomic E-state index is 0.197. The van der Waals surface area contributed by atoms with Gasteiger partial charge in [-0.15, -0.1) is 0 Å². The molecule has 3 aromatic rings. The van der Waals surface area contributed by atoms with E-state index >= 15 is 0 Å². The summed E-state index contributed by atoms with van der Waals surface area (Å²) in [5, 5.41) is 37.7. The van der Waals surface area contributed by atoms with Crippen LogP contribution in [0, 0.1) is 13.8 Å². The lowest BCUT2D eigenvalue weighted by Crippen LogP contribution is -2.34. The summed E-state index contributed by atoms with van der Waals surface area (Å²) in [6.45, 7) is 1.07. The summed E-state index contributed by atoms with van der Waals surface area (Å²) in [5.74, 6) is -4.15. The number of anilines is 2. The number of pyridine rings is 1. The van der Waals surface area contributed by atoms with E-state index in [1.54, 1.807) is 44.2 Å². The maximum atomic E-state index is 11.4. The molecule has 13 nitrogen and oxygen atoms in total. The molecule has 0 bridgehead atoms. The number of methoxy groups -OCH3 is 1. The number of aromatic nitrogens is 1. The number of carboxylic acids is 4. The van der Waals surface area contributed by atoms with Crippen molar-refractivity contribution in [3.63, 3.8) is 0 Å². The van der Waals surface area contributed by atoms with Crippen molar-refractivity contribution in [2.75, 3.05) is 43.1 Å². The van der Waals surface area contributed by atoms with Gasteiger partial charge in [0.05, 0.1) is 29.7 Å². The van der Waals surface area contributed by atoms with Gasteiger partial charge >= 0.3 is 23.9 Å². The molecule has 13 heteroatoms. The number of carboxylic acid groups (broad SMARTS) is 4. The van der Waals surface area contributed by atoms with Gasteiger partial charge in [-0.3, -0.25) is 19.2 Å². The van der Waals surface area contributed by atoms with Crippen molar-refractivity contribution in [2.45, 2.75) is 13.8 Å². The van der Waals surface area contributed by atoms with E-state index in [-0.39, 0.29) is 22.9 Å². The summed E-state index contributed by atoms with van der Waals surface area (Å²) in [7, 11) is 1.40. The number of ether oxygens (including phenoxy) is 2. The van der Waals surface area contributed by atoms with Crippen molar-refractivity contribution in [3.05, 3.63) is 47.7 Å². The third-order valence-corrected chi connectivity index (χ3v) is 5.57. The lowest BCUT2D eigenvalue weighted by atomic mass is 10.1. The van der Waals surface area contributed by atoms with E-state index in [9.17, 15) is 39.6 Å². The van der Waals surface area contributed by atoms with Crippen LogP contribution >= 0.6 is 0 Å². The molecule has 0 unspecified atom stereocenters. The fourth-order valence-corrected chi connectivity index (χ4v) is 3.97. The molecule has 39 heavy (non-hydrogen) atoms. The van der Waals surface area contributed by atoms with E-state index in [0.717, 1.165) is 15.4 Å². The summed E-state index contributed by atoms with van der Waals surface area (Å²) in [6.07, 6.45) is 0. The second-order valence-electron chi connectivity index (χ2n) is 8.65. The molecule has 206 valence electrons. The lowest BCUT2D eigenvalue weighted by Gasteiger charge is -2.25. The number of aryl methyl sites for hydroxylation is 2. The number of rotatable bonds is 13. The highest BCUT2D eigenvalue weighted by molar-refractivity contribution is 5.96. The summed E-state index contributed by atoms with van der Waals surface area (Å²) in [6, 6.07) is 9.62. The van der Waals surface area contributed by atoms with Gasteiger partial charge in [0, 0.05) is 11.5 Å². The van der Waals surface area contributed by atoms with Crippen LogP contribution in [0.2, 0.25) is 0 Å². The highest BCUT2D eigenvalue weighted by atomic mass is 16.5. The average Bonchev–Trinajstić information content (AvgIpc) is 2.82. The molecular formula is C26H27N3O10. The predicted octanol–water partition coefficient (Wildman–Crippen LogP) is 2.60. The molecule has 0 atom stereocenters. The first-order valence-corrected chi connectivity index (χ1v) is 11.5. The average molecular weight is 542 g/mol. The zero-order valence-corrected chi connectivity index (χ0v) is 21.4. The fraction of sp³-hybridized carbons (Fsp3) is 0.269. The Morgan fingerprint density at radius 1 is 0.744 bits per heavy atom. The van der Waals surface area contributed by atoms with Crippen LogP contribution in [0.25, 0.3) is 10.9 Å². The van der Waals surface area contributed by atoms with Crippen LogP contribution in [0.3, 0.4) is 0 Å². The van der Waals surface area contributed by atoms with E-state index in [1.807, 2.05) is 0 Å². The second-order valence-corrected chi connectivity index (χ2v) is 8.65. The van der Waals surface area contributed by atoms with E-state index < -0.39 is 50.1 Å². The van der Waals surface area contributed by atoms with Crippen molar-refractivity contribution in [3.8, 4) is 17.2 Å². The second kappa shape index (κ2) is 12.0. The molecule has 0 fully saturated rings. The summed E-state index contributed by atoms with van der Waals surface area (Å²) in [4.78, 5) is 52.6. The van der Waals surface area contributed by atoms with Crippen molar-refractivity contribution in [1.29, 1.82) is 0 Å².